The highest BCUT2D eigenvalue weighted by atomic mass is 127. The van der Waals surface area contributed by atoms with Crippen LogP contribution in [0.4, 0.5) is 0 Å². The van der Waals surface area contributed by atoms with E-state index in [1.54, 1.807) is 6.92 Å². The maximum absolute atomic E-state index is 9.14. The first-order chi connectivity index (χ1) is 4.04. The normalized spacial score (nSPS) is 52.0. The predicted octanol–water partition coefficient (Wildman–Crippen LogP) is -0.110. The van der Waals surface area contributed by atoms with Crippen LogP contribution in [0.5, 0.6) is 0 Å². The highest BCUT2D eigenvalue weighted by molar-refractivity contribution is 14.1. The van der Waals surface area contributed by atoms with E-state index in [2.05, 4.69) is 0 Å². The van der Waals surface area contributed by atoms with E-state index in [0.717, 1.165) is 0 Å². The molecule has 4 heteroatoms. The molecule has 1 saturated heterocycles. The maximum Gasteiger partial charge on any atom is 0.144 e. The average molecular weight is 244 g/mol. The average Bonchev–Trinajstić information content (AvgIpc) is 1.97. The number of aliphatic hydroxyl groups excluding tert-OH is 2. The highest BCUT2D eigenvalue weighted by Gasteiger charge is 2.42. The van der Waals surface area contributed by atoms with E-state index < -0.39 is 15.8 Å². The van der Waals surface area contributed by atoms with Gasteiger partial charge in [0, 0.05) is 0 Å². The van der Waals surface area contributed by atoms with Crippen molar-refractivity contribution in [3.8, 4) is 0 Å². The molecule has 0 aromatic heterocycles. The van der Waals surface area contributed by atoms with E-state index in [9.17, 15) is 0 Å². The van der Waals surface area contributed by atoms with Gasteiger partial charge in [0.05, 0.1) is 6.61 Å². The van der Waals surface area contributed by atoms with Crippen LogP contribution in [0.25, 0.3) is 0 Å². The molecule has 0 spiro atoms. The van der Waals surface area contributed by atoms with Gasteiger partial charge in [0.1, 0.15) is 15.8 Å². The summed E-state index contributed by atoms with van der Waals surface area (Å²) in [5, 5.41) is 18.1. The lowest BCUT2D eigenvalue weighted by molar-refractivity contribution is 0.0228. The fourth-order valence-corrected chi connectivity index (χ4v) is 1.36. The molecule has 0 saturated carbocycles. The van der Waals surface area contributed by atoms with Crippen molar-refractivity contribution in [2.75, 3.05) is 6.61 Å². The van der Waals surface area contributed by atoms with E-state index in [-0.39, 0.29) is 6.61 Å². The molecule has 1 aliphatic heterocycles. The Labute approximate surface area is 67.2 Å². The van der Waals surface area contributed by atoms with E-state index in [0.29, 0.717) is 0 Å². The Balaban J connectivity index is 2.62. The quantitative estimate of drug-likeness (QED) is 0.461. The van der Waals surface area contributed by atoms with E-state index in [4.69, 9.17) is 14.9 Å². The van der Waals surface area contributed by atoms with Crippen LogP contribution in [-0.2, 0) is 4.74 Å². The minimum Gasteiger partial charge on any atom is -0.388 e. The first kappa shape index (κ1) is 7.71. The Hall–Kier alpha value is 0.610. The number of aliphatic hydroxyl groups is 2. The molecule has 9 heavy (non-hydrogen) atoms. The van der Waals surface area contributed by atoms with Crippen LogP contribution in [-0.4, -0.2) is 32.6 Å². The van der Waals surface area contributed by atoms with Crippen molar-refractivity contribution in [3.63, 3.8) is 0 Å². The standard InChI is InChI=1S/C5H9IO3/c1-5(6)4(8)3(7)2-9-5/h3-4,7-8H,2H2,1H3/t3-,4-,5-/m0/s1. The Kier molecular flexibility index (Phi) is 2.00. The van der Waals surface area contributed by atoms with E-state index in [1.165, 1.54) is 0 Å². The van der Waals surface area contributed by atoms with Crippen molar-refractivity contribution >= 4 is 22.6 Å². The number of hydrogen-bond acceptors (Lipinski definition) is 3. The molecule has 0 aliphatic carbocycles. The lowest BCUT2D eigenvalue weighted by Crippen LogP contribution is -2.34. The predicted molar refractivity (Wildman–Crippen MR) is 40.4 cm³/mol. The smallest absolute Gasteiger partial charge is 0.144 e. The van der Waals surface area contributed by atoms with Gasteiger partial charge in [0.15, 0.2) is 0 Å². The molecular weight excluding hydrogens is 235 g/mol. The monoisotopic (exact) mass is 244 g/mol. The van der Waals surface area contributed by atoms with E-state index >= 15 is 0 Å². The molecular formula is C5H9IO3. The van der Waals surface area contributed by atoms with Gasteiger partial charge in [-0.25, -0.2) is 0 Å². The minimum absolute atomic E-state index is 0.237. The lowest BCUT2D eigenvalue weighted by Gasteiger charge is -2.19. The molecule has 1 rings (SSSR count). The van der Waals surface area contributed by atoms with E-state index in [1.807, 2.05) is 22.6 Å². The van der Waals surface area contributed by atoms with Crippen LogP contribution in [0.1, 0.15) is 6.92 Å². The van der Waals surface area contributed by atoms with Gasteiger partial charge in [0.25, 0.3) is 0 Å². The zero-order valence-electron chi connectivity index (χ0n) is 5.04. The molecule has 1 aliphatic rings. The molecule has 3 atom stereocenters. The molecule has 0 unspecified atom stereocenters. The van der Waals surface area contributed by atoms with Gasteiger partial charge >= 0.3 is 0 Å². The summed E-state index contributed by atoms with van der Waals surface area (Å²) in [5.74, 6) is 0. The summed E-state index contributed by atoms with van der Waals surface area (Å²) in [7, 11) is 0. The summed E-state index contributed by atoms with van der Waals surface area (Å²) in [6.45, 7) is 1.98. The van der Waals surface area contributed by atoms with Gasteiger partial charge in [0.2, 0.25) is 0 Å². The van der Waals surface area contributed by atoms with Crippen LogP contribution < -0.4 is 0 Å². The maximum atomic E-state index is 9.14. The second-order valence-electron chi connectivity index (χ2n) is 2.31. The lowest BCUT2D eigenvalue weighted by atomic mass is 10.2. The molecule has 0 aromatic rings. The Morgan fingerprint density at radius 1 is 1.67 bits per heavy atom. The number of ether oxygens (including phenoxy) is 1. The van der Waals surface area contributed by atoms with Crippen molar-refractivity contribution in [1.82, 2.24) is 0 Å². The summed E-state index contributed by atoms with van der Waals surface area (Å²) in [6.07, 6.45) is -1.47. The molecule has 0 radical (unpaired) electrons. The highest BCUT2D eigenvalue weighted by Crippen LogP contribution is 2.32. The van der Waals surface area contributed by atoms with Crippen molar-refractivity contribution in [1.29, 1.82) is 0 Å². The third-order valence-electron chi connectivity index (χ3n) is 1.43. The molecule has 0 amide bonds. The molecule has 1 heterocycles. The SMILES string of the molecule is C[C@]1(I)OC[C@H](O)[C@@H]1O. The number of hydrogen-bond donors (Lipinski definition) is 2. The topological polar surface area (TPSA) is 49.7 Å². The summed E-state index contributed by atoms with van der Waals surface area (Å²) >= 11 is 1.98. The zero-order chi connectivity index (χ0) is 7.07. The first-order valence-corrected chi connectivity index (χ1v) is 3.81. The fraction of sp³-hybridized carbons (Fsp3) is 1.00. The van der Waals surface area contributed by atoms with Gasteiger partial charge in [-0.1, -0.05) is 0 Å². The van der Waals surface area contributed by atoms with Crippen molar-refractivity contribution in [2.45, 2.75) is 22.7 Å². The first-order valence-electron chi connectivity index (χ1n) is 2.73. The molecule has 0 aromatic carbocycles. The Morgan fingerprint density at radius 2 is 2.22 bits per heavy atom. The number of halogens is 1. The zero-order valence-corrected chi connectivity index (χ0v) is 7.20. The van der Waals surface area contributed by atoms with Crippen LogP contribution in [0.3, 0.4) is 0 Å². The molecule has 2 N–H and O–H groups in total. The van der Waals surface area contributed by atoms with Crippen molar-refractivity contribution in [2.24, 2.45) is 0 Å². The van der Waals surface area contributed by atoms with Crippen molar-refractivity contribution < 1.29 is 14.9 Å². The van der Waals surface area contributed by atoms with Gasteiger partial charge in [-0.3, -0.25) is 0 Å². The summed E-state index contributed by atoms with van der Waals surface area (Å²) in [4.78, 5) is 0. The fourth-order valence-electron chi connectivity index (χ4n) is 0.768. The molecule has 3 nitrogen and oxygen atoms in total. The second-order valence-corrected chi connectivity index (χ2v) is 4.45. The second kappa shape index (κ2) is 2.34. The largest absolute Gasteiger partial charge is 0.388 e. The number of rotatable bonds is 0. The van der Waals surface area contributed by atoms with Crippen molar-refractivity contribution in [3.05, 3.63) is 0 Å². The van der Waals surface area contributed by atoms with Crippen LogP contribution >= 0.6 is 22.6 Å². The number of alkyl halides is 1. The van der Waals surface area contributed by atoms with Gasteiger partial charge in [-0.15, -0.1) is 0 Å². The summed E-state index contributed by atoms with van der Waals surface area (Å²) < 4.78 is 4.45. The van der Waals surface area contributed by atoms with Gasteiger partial charge in [-0.2, -0.15) is 0 Å². The van der Waals surface area contributed by atoms with Gasteiger partial charge < -0.3 is 14.9 Å². The Morgan fingerprint density at radius 3 is 2.33 bits per heavy atom. The third-order valence-corrected chi connectivity index (χ3v) is 2.38. The molecule has 0 bridgehead atoms. The van der Waals surface area contributed by atoms with Crippen LogP contribution in [0.2, 0.25) is 0 Å². The molecule has 54 valence electrons. The third kappa shape index (κ3) is 1.36. The van der Waals surface area contributed by atoms with Crippen LogP contribution in [0, 0.1) is 0 Å². The molecule has 1 fully saturated rings. The summed E-state index contributed by atoms with van der Waals surface area (Å²) in [6, 6.07) is 0. The summed E-state index contributed by atoms with van der Waals surface area (Å²) in [5.41, 5.74) is 0. The minimum atomic E-state index is -0.752. The van der Waals surface area contributed by atoms with Crippen LogP contribution in [0.15, 0.2) is 0 Å². The van der Waals surface area contributed by atoms with Gasteiger partial charge in [-0.05, 0) is 29.5 Å². The Bertz CT molecular complexity index is 115.